The lowest BCUT2D eigenvalue weighted by Gasteiger charge is -2.24. The van der Waals surface area contributed by atoms with Crippen molar-refractivity contribution in [1.29, 1.82) is 0 Å². The molecule has 1 saturated heterocycles. The van der Waals surface area contributed by atoms with E-state index >= 15 is 0 Å². The van der Waals surface area contributed by atoms with Crippen molar-refractivity contribution in [3.63, 3.8) is 0 Å². The van der Waals surface area contributed by atoms with Gasteiger partial charge in [-0.3, -0.25) is 19.2 Å². The Kier molecular flexibility index (Phi) is 10.1. The Morgan fingerprint density at radius 3 is 2.12 bits per heavy atom. The quantitative estimate of drug-likeness (QED) is 0.161. The first kappa shape index (κ1) is 26.9. The van der Waals surface area contributed by atoms with Crippen LogP contribution >= 0.6 is 12.6 Å². The largest absolute Gasteiger partial charge is 0.508 e. The topological polar surface area (TPSA) is 194 Å². The normalized spacial score (nSPS) is 17.7. The molecule has 1 aliphatic heterocycles. The molecule has 13 heteroatoms. The van der Waals surface area contributed by atoms with Crippen LogP contribution < -0.4 is 21.3 Å². The fraction of sp³-hybridized carbons (Fsp3) is 0.476. The first-order valence-corrected chi connectivity index (χ1v) is 11.2. The fourth-order valence-electron chi connectivity index (χ4n) is 3.37. The highest BCUT2D eigenvalue weighted by Crippen LogP contribution is 2.12. The molecule has 4 atom stereocenters. The van der Waals surface area contributed by atoms with Gasteiger partial charge in [0.2, 0.25) is 17.7 Å². The summed E-state index contributed by atoms with van der Waals surface area (Å²) in [6.07, 6.45) is 0.472. The zero-order valence-corrected chi connectivity index (χ0v) is 19.1. The number of aromatic hydroxyl groups is 1. The third kappa shape index (κ3) is 8.23. The Balaban J connectivity index is 2.06. The third-order valence-electron chi connectivity index (χ3n) is 5.19. The number of carboxylic acid groups (broad SMARTS) is 2. The van der Waals surface area contributed by atoms with Crippen LogP contribution in [-0.2, 0) is 30.4 Å². The lowest BCUT2D eigenvalue weighted by Crippen LogP contribution is -2.58. The first-order valence-electron chi connectivity index (χ1n) is 10.6. The van der Waals surface area contributed by atoms with E-state index in [1.54, 1.807) is 0 Å². The molecule has 3 amide bonds. The molecular weight excluding hydrogens is 468 g/mol. The van der Waals surface area contributed by atoms with Gasteiger partial charge >= 0.3 is 11.9 Å². The number of amides is 3. The second-order valence-corrected chi connectivity index (χ2v) is 8.19. The molecule has 12 nitrogen and oxygen atoms in total. The Hall–Kier alpha value is -3.32. The zero-order valence-electron chi connectivity index (χ0n) is 18.2. The molecule has 0 radical (unpaired) electrons. The summed E-state index contributed by atoms with van der Waals surface area (Å²) in [6.45, 7) is 0.672. The van der Waals surface area contributed by atoms with Crippen LogP contribution in [-0.4, -0.2) is 81.4 Å². The molecule has 0 aliphatic carbocycles. The van der Waals surface area contributed by atoms with E-state index in [0.29, 0.717) is 18.5 Å². The van der Waals surface area contributed by atoms with Crippen LogP contribution in [0.5, 0.6) is 5.75 Å². The van der Waals surface area contributed by atoms with Crippen LogP contribution in [0.1, 0.15) is 24.8 Å². The molecule has 186 valence electrons. The van der Waals surface area contributed by atoms with Gasteiger partial charge in [0.05, 0.1) is 12.5 Å². The summed E-state index contributed by atoms with van der Waals surface area (Å²) in [5, 5.41) is 38.0. The number of rotatable bonds is 12. The van der Waals surface area contributed by atoms with Gasteiger partial charge in [-0.25, -0.2) is 4.79 Å². The van der Waals surface area contributed by atoms with Crippen molar-refractivity contribution < 1.29 is 39.3 Å². The summed E-state index contributed by atoms with van der Waals surface area (Å²) >= 11 is 4.05. The van der Waals surface area contributed by atoms with Crippen LogP contribution in [0.25, 0.3) is 0 Å². The monoisotopic (exact) mass is 496 g/mol. The van der Waals surface area contributed by atoms with Gasteiger partial charge in [-0.05, 0) is 37.1 Å². The fourth-order valence-corrected chi connectivity index (χ4v) is 3.63. The number of benzene rings is 1. The standard InChI is InChI=1S/C21H28N4O8S/c26-12-5-3-11(4-6-12)8-15(21(32)33)24-19(30)14(9-17(27)28)23-20(31)16(10-34)25-18(29)13-2-1-7-22-13/h3-6,13-16,22,26,34H,1-2,7-10H2,(H,23,31)(H,24,30)(H,25,29)(H,27,28)(H,32,33). The number of carboxylic acids is 2. The van der Waals surface area contributed by atoms with E-state index in [-0.39, 0.29) is 17.9 Å². The van der Waals surface area contributed by atoms with E-state index in [4.69, 9.17) is 0 Å². The van der Waals surface area contributed by atoms with Crippen LogP contribution in [0.4, 0.5) is 0 Å². The molecule has 34 heavy (non-hydrogen) atoms. The zero-order chi connectivity index (χ0) is 25.3. The molecule has 1 heterocycles. The van der Waals surface area contributed by atoms with E-state index in [2.05, 4.69) is 33.9 Å². The smallest absolute Gasteiger partial charge is 0.326 e. The van der Waals surface area contributed by atoms with E-state index < -0.39 is 60.2 Å². The summed E-state index contributed by atoms with van der Waals surface area (Å²) in [4.78, 5) is 60.6. The van der Waals surface area contributed by atoms with Gasteiger partial charge in [0.25, 0.3) is 0 Å². The van der Waals surface area contributed by atoms with Crippen molar-refractivity contribution in [2.45, 2.75) is 49.9 Å². The van der Waals surface area contributed by atoms with E-state index in [1.165, 1.54) is 24.3 Å². The van der Waals surface area contributed by atoms with Crippen molar-refractivity contribution >= 4 is 42.3 Å². The number of nitrogens with one attached hydrogen (secondary N) is 4. The summed E-state index contributed by atoms with van der Waals surface area (Å²) < 4.78 is 0. The molecular formula is C21H28N4O8S. The number of carbonyl (C=O) groups excluding carboxylic acids is 3. The predicted octanol–water partition coefficient (Wildman–Crippen LogP) is -1.37. The maximum atomic E-state index is 12.7. The molecule has 4 unspecified atom stereocenters. The number of aliphatic carboxylic acids is 2. The second kappa shape index (κ2) is 12.8. The molecule has 0 aromatic heterocycles. The molecule has 7 N–H and O–H groups in total. The maximum absolute atomic E-state index is 12.7. The highest BCUT2D eigenvalue weighted by Gasteiger charge is 2.32. The van der Waals surface area contributed by atoms with Crippen molar-refractivity contribution in [2.75, 3.05) is 12.3 Å². The summed E-state index contributed by atoms with van der Waals surface area (Å²) in [5.41, 5.74) is 0.502. The molecule has 1 aliphatic rings. The van der Waals surface area contributed by atoms with Gasteiger partial charge in [0.1, 0.15) is 23.9 Å². The van der Waals surface area contributed by atoms with E-state index in [0.717, 1.165) is 6.42 Å². The van der Waals surface area contributed by atoms with Gasteiger partial charge in [-0.1, -0.05) is 12.1 Å². The Bertz CT molecular complexity index is 905. The number of phenolic OH excluding ortho intramolecular Hbond substituents is 1. The van der Waals surface area contributed by atoms with Crippen LogP contribution in [0.15, 0.2) is 24.3 Å². The summed E-state index contributed by atoms with van der Waals surface area (Å²) in [5.74, 6) is -5.13. The second-order valence-electron chi connectivity index (χ2n) is 7.82. The van der Waals surface area contributed by atoms with Gasteiger partial charge in [0.15, 0.2) is 0 Å². The summed E-state index contributed by atoms with van der Waals surface area (Å²) in [6, 6.07) is 1.08. The van der Waals surface area contributed by atoms with Crippen molar-refractivity contribution in [2.24, 2.45) is 0 Å². The highest BCUT2D eigenvalue weighted by atomic mass is 32.1. The summed E-state index contributed by atoms with van der Waals surface area (Å²) in [7, 11) is 0. The van der Waals surface area contributed by atoms with Crippen LogP contribution in [0.3, 0.4) is 0 Å². The highest BCUT2D eigenvalue weighted by molar-refractivity contribution is 7.80. The Morgan fingerprint density at radius 1 is 0.971 bits per heavy atom. The number of hydrogen-bond donors (Lipinski definition) is 8. The molecule has 0 saturated carbocycles. The maximum Gasteiger partial charge on any atom is 0.326 e. The average Bonchev–Trinajstić information content (AvgIpc) is 3.32. The van der Waals surface area contributed by atoms with Crippen molar-refractivity contribution in [3.8, 4) is 5.75 Å². The molecule has 1 aromatic rings. The van der Waals surface area contributed by atoms with Gasteiger partial charge in [-0.15, -0.1) is 0 Å². The Morgan fingerprint density at radius 2 is 1.59 bits per heavy atom. The minimum atomic E-state index is -1.59. The Labute approximate surface area is 200 Å². The van der Waals surface area contributed by atoms with E-state index in [9.17, 15) is 39.3 Å². The number of hydrogen-bond acceptors (Lipinski definition) is 8. The average molecular weight is 497 g/mol. The van der Waals surface area contributed by atoms with Gasteiger partial charge in [0, 0.05) is 12.2 Å². The van der Waals surface area contributed by atoms with Crippen molar-refractivity contribution in [1.82, 2.24) is 21.3 Å². The minimum Gasteiger partial charge on any atom is -0.508 e. The first-order chi connectivity index (χ1) is 16.1. The predicted molar refractivity (Wildman–Crippen MR) is 122 cm³/mol. The molecule has 2 rings (SSSR count). The lowest BCUT2D eigenvalue weighted by atomic mass is 10.0. The van der Waals surface area contributed by atoms with Crippen LogP contribution in [0.2, 0.25) is 0 Å². The third-order valence-corrected chi connectivity index (χ3v) is 5.56. The molecule has 0 bridgehead atoms. The van der Waals surface area contributed by atoms with Crippen molar-refractivity contribution in [3.05, 3.63) is 29.8 Å². The number of carbonyl (C=O) groups is 5. The van der Waals surface area contributed by atoms with E-state index in [1.807, 2.05) is 0 Å². The van der Waals surface area contributed by atoms with Gasteiger partial charge in [-0.2, -0.15) is 12.6 Å². The van der Waals surface area contributed by atoms with Crippen LogP contribution in [0, 0.1) is 0 Å². The van der Waals surface area contributed by atoms with Gasteiger partial charge < -0.3 is 36.6 Å². The molecule has 1 aromatic carbocycles. The number of phenols is 1. The lowest BCUT2D eigenvalue weighted by molar-refractivity contribution is -0.143. The molecule has 1 fully saturated rings. The molecule has 0 spiro atoms. The SMILES string of the molecule is O=C(O)CC(NC(=O)C(CS)NC(=O)C1CCCN1)C(=O)NC(Cc1ccc(O)cc1)C(=O)O. The minimum absolute atomic E-state index is 0.0153. The number of thiol groups is 1.